The first kappa shape index (κ1) is 11.3. The van der Waals surface area contributed by atoms with Crippen LogP contribution in [0.25, 0.3) is 0 Å². The number of hydrogen-bond acceptors (Lipinski definition) is 4. The lowest BCUT2D eigenvalue weighted by atomic mass is 10.1. The molecule has 4 atom stereocenters. The van der Waals surface area contributed by atoms with E-state index in [1.807, 2.05) is 0 Å². The molecule has 0 bridgehead atoms. The van der Waals surface area contributed by atoms with Gasteiger partial charge in [0.25, 0.3) is 0 Å². The van der Waals surface area contributed by atoms with E-state index in [1.54, 1.807) is 0 Å². The molecule has 0 aromatic carbocycles. The maximum Gasteiger partial charge on any atom is 0.115 e. The molecule has 0 aliphatic carbocycles. The summed E-state index contributed by atoms with van der Waals surface area (Å²) in [5, 5.41) is 9.52. The van der Waals surface area contributed by atoms with Crippen molar-refractivity contribution >= 4 is 0 Å². The minimum absolute atomic E-state index is 0.0176. The molecule has 4 heteroatoms. The Morgan fingerprint density at radius 1 is 1.20 bits per heavy atom. The summed E-state index contributed by atoms with van der Waals surface area (Å²) >= 11 is 0. The monoisotopic (exact) mass is 216 g/mol. The number of hydrogen-bond donors (Lipinski definition) is 1. The van der Waals surface area contributed by atoms with E-state index in [2.05, 4.69) is 6.92 Å². The van der Waals surface area contributed by atoms with E-state index < -0.39 is 6.10 Å². The summed E-state index contributed by atoms with van der Waals surface area (Å²) in [7, 11) is 0. The van der Waals surface area contributed by atoms with E-state index in [0.29, 0.717) is 13.2 Å². The number of aliphatic hydroxyl groups is 1. The van der Waals surface area contributed by atoms with Crippen molar-refractivity contribution in [2.24, 2.45) is 0 Å². The standard InChI is InChI=1S/C11H20O4/c1-2-3-4-5-13-9-7-15-10-8(12)6-14-11(9)10/h8-12H,2-7H2,1H3/t8-,9-,10-,11-/m1/s1. The SMILES string of the molecule is CCCCCO[C@@H]1CO[C@H]2[C@@H]1OC[C@H]2O. The van der Waals surface area contributed by atoms with E-state index >= 15 is 0 Å². The third kappa shape index (κ3) is 2.50. The summed E-state index contributed by atoms with van der Waals surface area (Å²) in [5.41, 5.74) is 0. The van der Waals surface area contributed by atoms with Crippen molar-refractivity contribution < 1.29 is 19.3 Å². The second-order valence-electron chi connectivity index (χ2n) is 4.28. The Morgan fingerprint density at radius 2 is 2.00 bits per heavy atom. The van der Waals surface area contributed by atoms with Crippen LogP contribution in [0.15, 0.2) is 0 Å². The normalized spacial score (nSPS) is 39.6. The summed E-state index contributed by atoms with van der Waals surface area (Å²) in [4.78, 5) is 0. The third-order valence-corrected chi connectivity index (χ3v) is 3.06. The smallest absolute Gasteiger partial charge is 0.115 e. The number of unbranched alkanes of at least 4 members (excludes halogenated alkanes) is 2. The van der Waals surface area contributed by atoms with E-state index in [9.17, 15) is 5.11 Å². The Kier molecular flexibility index (Phi) is 3.97. The highest BCUT2D eigenvalue weighted by atomic mass is 16.6. The van der Waals surface area contributed by atoms with Crippen LogP contribution in [0, 0.1) is 0 Å². The summed E-state index contributed by atoms with van der Waals surface area (Å²) < 4.78 is 16.6. The van der Waals surface area contributed by atoms with Gasteiger partial charge in [0, 0.05) is 6.61 Å². The van der Waals surface area contributed by atoms with Gasteiger partial charge in [0.15, 0.2) is 0 Å². The van der Waals surface area contributed by atoms with Crippen molar-refractivity contribution in [1.82, 2.24) is 0 Å². The van der Waals surface area contributed by atoms with Gasteiger partial charge in [-0.25, -0.2) is 0 Å². The van der Waals surface area contributed by atoms with Gasteiger partial charge in [0.2, 0.25) is 0 Å². The van der Waals surface area contributed by atoms with Gasteiger partial charge in [-0.3, -0.25) is 0 Å². The highest BCUT2D eigenvalue weighted by Gasteiger charge is 2.47. The highest BCUT2D eigenvalue weighted by molar-refractivity contribution is 4.94. The van der Waals surface area contributed by atoms with Crippen LogP contribution in [0.3, 0.4) is 0 Å². The second-order valence-corrected chi connectivity index (χ2v) is 4.28. The second kappa shape index (κ2) is 5.25. The van der Waals surface area contributed by atoms with Gasteiger partial charge in [-0.05, 0) is 6.42 Å². The molecule has 15 heavy (non-hydrogen) atoms. The minimum atomic E-state index is -0.473. The van der Waals surface area contributed by atoms with Crippen LogP contribution in [-0.4, -0.2) is 49.3 Å². The Hall–Kier alpha value is -0.160. The molecular formula is C11H20O4. The molecule has 2 aliphatic heterocycles. The van der Waals surface area contributed by atoms with Crippen LogP contribution < -0.4 is 0 Å². The molecule has 0 amide bonds. The zero-order chi connectivity index (χ0) is 10.7. The topological polar surface area (TPSA) is 47.9 Å². The van der Waals surface area contributed by atoms with Crippen molar-refractivity contribution in [1.29, 1.82) is 0 Å². The largest absolute Gasteiger partial charge is 0.388 e. The summed E-state index contributed by atoms with van der Waals surface area (Å²) in [5.74, 6) is 0. The summed E-state index contributed by atoms with van der Waals surface area (Å²) in [6.07, 6.45) is 2.82. The molecular weight excluding hydrogens is 196 g/mol. The van der Waals surface area contributed by atoms with Crippen LogP contribution in [0.1, 0.15) is 26.2 Å². The summed E-state index contributed by atoms with van der Waals surface area (Å²) in [6, 6.07) is 0. The fourth-order valence-corrected chi connectivity index (χ4v) is 2.17. The quantitative estimate of drug-likeness (QED) is 0.688. The molecule has 2 aliphatic rings. The van der Waals surface area contributed by atoms with Crippen LogP contribution in [0.5, 0.6) is 0 Å². The van der Waals surface area contributed by atoms with E-state index in [0.717, 1.165) is 13.0 Å². The lowest BCUT2D eigenvalue weighted by molar-refractivity contribution is -0.0377. The predicted octanol–water partition coefficient (Wildman–Crippen LogP) is 0.720. The maximum absolute atomic E-state index is 9.52. The molecule has 0 aromatic heterocycles. The molecule has 2 saturated heterocycles. The van der Waals surface area contributed by atoms with E-state index in [-0.39, 0.29) is 18.3 Å². The lowest BCUT2D eigenvalue weighted by Crippen LogP contribution is -2.33. The Balaban J connectivity index is 1.71. The van der Waals surface area contributed by atoms with Crippen molar-refractivity contribution in [2.75, 3.05) is 19.8 Å². The molecule has 4 nitrogen and oxygen atoms in total. The predicted molar refractivity (Wildman–Crippen MR) is 54.8 cm³/mol. The number of ether oxygens (including phenoxy) is 3. The van der Waals surface area contributed by atoms with Crippen molar-refractivity contribution in [3.63, 3.8) is 0 Å². The van der Waals surface area contributed by atoms with Gasteiger partial charge in [-0.15, -0.1) is 0 Å². The fraction of sp³-hybridized carbons (Fsp3) is 1.00. The molecule has 2 rings (SSSR count). The van der Waals surface area contributed by atoms with Gasteiger partial charge < -0.3 is 19.3 Å². The van der Waals surface area contributed by atoms with Gasteiger partial charge >= 0.3 is 0 Å². The number of rotatable bonds is 5. The molecule has 1 N–H and O–H groups in total. The number of aliphatic hydroxyl groups excluding tert-OH is 1. The van der Waals surface area contributed by atoms with E-state index in [1.165, 1.54) is 12.8 Å². The van der Waals surface area contributed by atoms with Gasteiger partial charge in [-0.2, -0.15) is 0 Å². The summed E-state index contributed by atoms with van der Waals surface area (Å²) in [6.45, 7) is 3.87. The third-order valence-electron chi connectivity index (χ3n) is 3.06. The van der Waals surface area contributed by atoms with Crippen LogP contribution >= 0.6 is 0 Å². The minimum Gasteiger partial charge on any atom is -0.388 e. The maximum atomic E-state index is 9.52. The molecule has 0 spiro atoms. The van der Waals surface area contributed by atoms with Crippen LogP contribution in [0.4, 0.5) is 0 Å². The van der Waals surface area contributed by atoms with Crippen LogP contribution in [-0.2, 0) is 14.2 Å². The molecule has 0 aromatic rings. The molecule has 2 fully saturated rings. The molecule has 0 saturated carbocycles. The van der Waals surface area contributed by atoms with Crippen molar-refractivity contribution in [2.45, 2.75) is 50.6 Å². The van der Waals surface area contributed by atoms with Crippen molar-refractivity contribution in [3.8, 4) is 0 Å². The van der Waals surface area contributed by atoms with Gasteiger partial charge in [-0.1, -0.05) is 19.8 Å². The van der Waals surface area contributed by atoms with Gasteiger partial charge in [0.1, 0.15) is 24.4 Å². The average molecular weight is 216 g/mol. The van der Waals surface area contributed by atoms with E-state index in [4.69, 9.17) is 14.2 Å². The molecule has 2 heterocycles. The Bertz CT molecular complexity index is 197. The zero-order valence-corrected chi connectivity index (χ0v) is 9.22. The molecule has 0 radical (unpaired) electrons. The van der Waals surface area contributed by atoms with Crippen LogP contribution in [0.2, 0.25) is 0 Å². The highest BCUT2D eigenvalue weighted by Crippen LogP contribution is 2.28. The Morgan fingerprint density at radius 3 is 2.80 bits per heavy atom. The average Bonchev–Trinajstić information content (AvgIpc) is 2.78. The molecule has 0 unspecified atom stereocenters. The Labute approximate surface area is 90.5 Å². The fourth-order valence-electron chi connectivity index (χ4n) is 2.17. The zero-order valence-electron chi connectivity index (χ0n) is 9.22. The van der Waals surface area contributed by atoms with Crippen molar-refractivity contribution in [3.05, 3.63) is 0 Å². The first-order chi connectivity index (χ1) is 7.33. The lowest BCUT2D eigenvalue weighted by Gasteiger charge is -2.16. The molecule has 88 valence electrons. The van der Waals surface area contributed by atoms with Gasteiger partial charge in [0.05, 0.1) is 13.2 Å². The first-order valence-corrected chi connectivity index (χ1v) is 5.85. The first-order valence-electron chi connectivity index (χ1n) is 5.85. The number of fused-ring (bicyclic) bond motifs is 1.